The topological polar surface area (TPSA) is 103 Å². The number of hydrogen-bond acceptors (Lipinski definition) is 5. The number of carbonyl (C=O) groups is 2. The number of fused-ring (bicyclic) bond motifs is 1. The monoisotopic (exact) mass is 265 g/mol. The number of primary amides is 1. The average Bonchev–Trinajstić information content (AvgIpc) is 2.38. The molecule has 7 heteroatoms. The highest BCUT2D eigenvalue weighted by Gasteiger charge is 2.20. The lowest BCUT2D eigenvalue weighted by molar-refractivity contribution is -0.120. The lowest BCUT2D eigenvalue weighted by Crippen LogP contribution is -2.43. The van der Waals surface area contributed by atoms with Crippen molar-refractivity contribution in [1.29, 1.82) is 0 Å². The van der Waals surface area contributed by atoms with Crippen molar-refractivity contribution in [2.75, 3.05) is 18.5 Å². The molecular weight excluding hydrogens is 250 g/mol. The van der Waals surface area contributed by atoms with Crippen LogP contribution in [0, 0.1) is 0 Å². The molecule has 0 bridgehead atoms. The minimum Gasteiger partial charge on any atom is -0.486 e. The fourth-order valence-electron chi connectivity index (χ4n) is 1.72. The molecule has 1 aromatic carbocycles. The van der Waals surface area contributed by atoms with Crippen molar-refractivity contribution >= 4 is 17.6 Å². The van der Waals surface area contributed by atoms with E-state index in [-0.39, 0.29) is 0 Å². The summed E-state index contributed by atoms with van der Waals surface area (Å²) in [4.78, 5) is 22.2. The number of carbonyl (C=O) groups excluding carboxylic acids is 2. The van der Waals surface area contributed by atoms with Crippen LogP contribution in [-0.4, -0.2) is 31.2 Å². The highest BCUT2D eigenvalue weighted by molar-refractivity contribution is 5.97. The number of ether oxygens (including phenoxy) is 2. The van der Waals surface area contributed by atoms with Crippen molar-refractivity contribution < 1.29 is 19.1 Å². The van der Waals surface area contributed by atoms with Gasteiger partial charge in [-0.05, 0) is 19.1 Å². The Labute approximate surface area is 110 Å². The molecule has 0 aromatic heterocycles. The van der Waals surface area contributed by atoms with Crippen molar-refractivity contribution in [2.24, 2.45) is 5.73 Å². The summed E-state index contributed by atoms with van der Waals surface area (Å²) >= 11 is 0. The Kier molecular flexibility index (Phi) is 3.74. The Hall–Kier alpha value is -2.44. The van der Waals surface area contributed by atoms with E-state index in [1.807, 2.05) is 5.32 Å². The fourth-order valence-corrected chi connectivity index (χ4v) is 1.72. The van der Waals surface area contributed by atoms with Crippen LogP contribution in [0.25, 0.3) is 0 Å². The zero-order chi connectivity index (χ0) is 13.8. The number of amides is 3. The lowest BCUT2D eigenvalue weighted by atomic mass is 10.2. The van der Waals surface area contributed by atoms with Gasteiger partial charge in [-0.2, -0.15) is 0 Å². The summed E-state index contributed by atoms with van der Waals surface area (Å²) in [5, 5.41) is 4.96. The summed E-state index contributed by atoms with van der Waals surface area (Å²) in [5.41, 5.74) is 5.52. The number of hydrogen-bond donors (Lipinski definition) is 3. The predicted molar refractivity (Wildman–Crippen MR) is 68.2 cm³/mol. The van der Waals surface area contributed by atoms with E-state index in [4.69, 9.17) is 15.2 Å². The quantitative estimate of drug-likeness (QED) is 0.736. The SMILES string of the molecule is CC(Nc1cccc2c1OCCO2)C(=O)NC(N)=O. The largest absolute Gasteiger partial charge is 0.486 e. The molecule has 2 rings (SSSR count). The highest BCUT2D eigenvalue weighted by atomic mass is 16.6. The van der Waals surface area contributed by atoms with Crippen LogP contribution >= 0.6 is 0 Å². The summed E-state index contributed by atoms with van der Waals surface area (Å²) < 4.78 is 10.9. The van der Waals surface area contributed by atoms with Crippen molar-refractivity contribution in [2.45, 2.75) is 13.0 Å². The molecule has 1 heterocycles. The van der Waals surface area contributed by atoms with Crippen LogP contribution in [0.4, 0.5) is 10.5 Å². The summed E-state index contributed by atoms with van der Waals surface area (Å²) in [5.74, 6) is 0.674. The van der Waals surface area contributed by atoms with E-state index in [2.05, 4.69) is 5.32 Å². The maximum atomic E-state index is 11.6. The number of imide groups is 1. The number of rotatable bonds is 3. The van der Waals surface area contributed by atoms with Gasteiger partial charge in [-0.3, -0.25) is 10.1 Å². The molecule has 0 spiro atoms. The van der Waals surface area contributed by atoms with E-state index in [1.54, 1.807) is 25.1 Å². The van der Waals surface area contributed by atoms with Crippen LogP contribution in [0.15, 0.2) is 18.2 Å². The maximum Gasteiger partial charge on any atom is 0.318 e. The molecule has 0 saturated heterocycles. The first-order valence-electron chi connectivity index (χ1n) is 5.83. The standard InChI is InChI=1S/C12H15N3O4/c1-7(11(16)15-12(13)17)14-8-3-2-4-9-10(8)19-6-5-18-9/h2-4,7,14H,5-6H2,1H3,(H3,13,15,16,17). The van der Waals surface area contributed by atoms with E-state index >= 15 is 0 Å². The van der Waals surface area contributed by atoms with Gasteiger partial charge in [0.1, 0.15) is 19.3 Å². The Morgan fingerprint density at radius 3 is 2.79 bits per heavy atom. The normalized spacial score (nSPS) is 14.4. The first-order valence-corrected chi connectivity index (χ1v) is 5.83. The van der Waals surface area contributed by atoms with Crippen LogP contribution in [0.2, 0.25) is 0 Å². The molecule has 102 valence electrons. The molecule has 0 saturated carbocycles. The van der Waals surface area contributed by atoms with Gasteiger partial charge in [0, 0.05) is 0 Å². The average molecular weight is 265 g/mol. The minimum atomic E-state index is -0.881. The van der Waals surface area contributed by atoms with Crippen LogP contribution in [0.3, 0.4) is 0 Å². The molecule has 1 atom stereocenters. The fraction of sp³-hybridized carbons (Fsp3) is 0.333. The van der Waals surface area contributed by atoms with Crippen LogP contribution in [0.5, 0.6) is 11.5 Å². The third-order valence-corrected chi connectivity index (χ3v) is 2.58. The molecule has 19 heavy (non-hydrogen) atoms. The Morgan fingerprint density at radius 1 is 1.32 bits per heavy atom. The lowest BCUT2D eigenvalue weighted by Gasteiger charge is -2.23. The highest BCUT2D eigenvalue weighted by Crippen LogP contribution is 2.37. The van der Waals surface area contributed by atoms with Gasteiger partial charge in [-0.15, -0.1) is 0 Å². The number of benzene rings is 1. The first kappa shape index (κ1) is 13.0. The zero-order valence-electron chi connectivity index (χ0n) is 10.4. The first-order chi connectivity index (χ1) is 9.08. The number of urea groups is 1. The Bertz CT molecular complexity index is 504. The van der Waals surface area contributed by atoms with E-state index < -0.39 is 18.0 Å². The molecule has 0 aliphatic carbocycles. The molecule has 1 aliphatic rings. The van der Waals surface area contributed by atoms with Crippen molar-refractivity contribution in [3.63, 3.8) is 0 Å². The Morgan fingerprint density at radius 2 is 2.05 bits per heavy atom. The molecule has 3 amide bonds. The van der Waals surface area contributed by atoms with Crippen LogP contribution < -0.4 is 25.8 Å². The second-order valence-corrected chi connectivity index (χ2v) is 4.05. The van der Waals surface area contributed by atoms with Gasteiger partial charge in [0.25, 0.3) is 0 Å². The molecule has 1 aliphatic heterocycles. The van der Waals surface area contributed by atoms with Crippen molar-refractivity contribution in [3.05, 3.63) is 18.2 Å². The molecular formula is C12H15N3O4. The smallest absolute Gasteiger partial charge is 0.318 e. The molecule has 4 N–H and O–H groups in total. The summed E-state index contributed by atoms with van der Waals surface area (Å²) in [6, 6.07) is 3.82. The molecule has 1 aromatic rings. The number of nitrogens with two attached hydrogens (primary N) is 1. The second kappa shape index (κ2) is 5.47. The number of para-hydroxylation sites is 1. The third-order valence-electron chi connectivity index (χ3n) is 2.58. The molecule has 1 unspecified atom stereocenters. The second-order valence-electron chi connectivity index (χ2n) is 4.05. The van der Waals surface area contributed by atoms with E-state index in [9.17, 15) is 9.59 Å². The van der Waals surface area contributed by atoms with E-state index in [1.165, 1.54) is 0 Å². The van der Waals surface area contributed by atoms with Gasteiger partial charge in [-0.25, -0.2) is 4.79 Å². The van der Waals surface area contributed by atoms with Crippen molar-refractivity contribution in [3.8, 4) is 11.5 Å². The van der Waals surface area contributed by atoms with Crippen LogP contribution in [0.1, 0.15) is 6.92 Å². The van der Waals surface area contributed by atoms with Gasteiger partial charge in [0.15, 0.2) is 11.5 Å². The van der Waals surface area contributed by atoms with Crippen LogP contribution in [-0.2, 0) is 4.79 Å². The minimum absolute atomic E-state index is 0.452. The van der Waals surface area contributed by atoms with E-state index in [0.717, 1.165) is 0 Å². The molecule has 0 radical (unpaired) electrons. The van der Waals surface area contributed by atoms with Gasteiger partial charge >= 0.3 is 6.03 Å². The van der Waals surface area contributed by atoms with Gasteiger partial charge in [-0.1, -0.05) is 6.07 Å². The van der Waals surface area contributed by atoms with Gasteiger partial charge in [0.05, 0.1) is 5.69 Å². The maximum absolute atomic E-state index is 11.6. The predicted octanol–water partition coefficient (Wildman–Crippen LogP) is 0.453. The summed E-state index contributed by atoms with van der Waals surface area (Å²) in [6.07, 6.45) is 0. The molecule has 7 nitrogen and oxygen atoms in total. The van der Waals surface area contributed by atoms with Crippen molar-refractivity contribution in [1.82, 2.24) is 5.32 Å². The molecule has 0 fully saturated rings. The van der Waals surface area contributed by atoms with E-state index in [0.29, 0.717) is 30.4 Å². The number of nitrogens with one attached hydrogen (secondary N) is 2. The summed E-state index contributed by atoms with van der Waals surface area (Å²) in [6.45, 7) is 2.56. The summed E-state index contributed by atoms with van der Waals surface area (Å²) in [7, 11) is 0. The third kappa shape index (κ3) is 3.06. The Balaban J connectivity index is 2.10. The number of anilines is 1. The van der Waals surface area contributed by atoms with Gasteiger partial charge in [0.2, 0.25) is 5.91 Å². The van der Waals surface area contributed by atoms with Gasteiger partial charge < -0.3 is 20.5 Å². The zero-order valence-corrected chi connectivity index (χ0v) is 10.4.